The monoisotopic (exact) mass is 357 g/mol. The molecule has 1 N–H and O–H groups in total. The molecule has 2 aromatic carbocycles. The van der Waals surface area contributed by atoms with E-state index in [2.05, 4.69) is 28.9 Å². The number of hydrogen-bond acceptors (Lipinski definition) is 4. The second-order valence-electron chi connectivity index (χ2n) is 5.28. The predicted molar refractivity (Wildman–Crippen MR) is 103 cm³/mol. The summed E-state index contributed by atoms with van der Waals surface area (Å²) in [6, 6.07) is 18.1. The molecule has 0 spiro atoms. The van der Waals surface area contributed by atoms with Gasteiger partial charge in [-0.3, -0.25) is 4.79 Å². The highest BCUT2D eigenvalue weighted by atomic mass is 32.2. The van der Waals surface area contributed by atoms with Crippen LogP contribution in [0.25, 0.3) is 10.8 Å². The van der Waals surface area contributed by atoms with E-state index in [4.69, 9.17) is 4.74 Å². The van der Waals surface area contributed by atoms with Crippen molar-refractivity contribution in [3.63, 3.8) is 0 Å². The fraction of sp³-hybridized carbons (Fsp3) is 0.211. The zero-order valence-electron chi connectivity index (χ0n) is 13.2. The number of nitrogens with one attached hydrogen (secondary N) is 1. The Bertz CT molecular complexity index is 787. The van der Waals surface area contributed by atoms with Crippen molar-refractivity contribution in [3.05, 3.63) is 64.9 Å². The van der Waals surface area contributed by atoms with Gasteiger partial charge < -0.3 is 10.1 Å². The number of hydrogen-bond donors (Lipinski definition) is 1. The predicted octanol–water partition coefficient (Wildman–Crippen LogP) is 4.33. The van der Waals surface area contributed by atoms with Gasteiger partial charge in [-0.1, -0.05) is 36.4 Å². The number of thioether (sulfide) groups is 1. The number of carbonyl (C=O) groups excluding carboxylic acids is 1. The topological polar surface area (TPSA) is 38.3 Å². The number of benzene rings is 2. The van der Waals surface area contributed by atoms with Crippen molar-refractivity contribution in [1.29, 1.82) is 0 Å². The molecule has 0 bridgehead atoms. The number of rotatable bonds is 8. The van der Waals surface area contributed by atoms with Crippen LogP contribution in [-0.4, -0.2) is 24.8 Å². The maximum Gasteiger partial charge on any atom is 0.257 e. The van der Waals surface area contributed by atoms with E-state index in [1.165, 1.54) is 4.88 Å². The lowest BCUT2D eigenvalue weighted by Crippen LogP contribution is -2.30. The first kappa shape index (κ1) is 16.9. The van der Waals surface area contributed by atoms with Gasteiger partial charge in [0.1, 0.15) is 5.75 Å². The van der Waals surface area contributed by atoms with Crippen LogP contribution in [0.2, 0.25) is 0 Å². The van der Waals surface area contributed by atoms with E-state index < -0.39 is 0 Å². The second kappa shape index (κ2) is 8.76. The van der Waals surface area contributed by atoms with Crippen LogP contribution in [0, 0.1) is 0 Å². The summed E-state index contributed by atoms with van der Waals surface area (Å²) in [4.78, 5) is 13.2. The molecule has 0 saturated heterocycles. The van der Waals surface area contributed by atoms with Gasteiger partial charge >= 0.3 is 0 Å². The summed E-state index contributed by atoms with van der Waals surface area (Å²) >= 11 is 3.59. The standard InChI is InChI=1S/C19H19NO2S2/c21-19(20-9-11-23-14-18-6-3-10-24-18)13-22-17-8-7-15-4-1-2-5-16(15)12-17/h1-8,10,12H,9,11,13-14H2,(H,20,21). The molecule has 24 heavy (non-hydrogen) atoms. The first-order valence-corrected chi connectivity index (χ1v) is 9.83. The Balaban J connectivity index is 1.35. The van der Waals surface area contributed by atoms with E-state index in [-0.39, 0.29) is 12.5 Å². The Labute approximate surface area is 150 Å². The van der Waals surface area contributed by atoms with Gasteiger partial charge in [-0.25, -0.2) is 0 Å². The maximum absolute atomic E-state index is 11.8. The molecule has 0 unspecified atom stereocenters. The first-order chi connectivity index (χ1) is 11.8. The van der Waals surface area contributed by atoms with Crippen molar-refractivity contribution in [3.8, 4) is 5.75 Å². The van der Waals surface area contributed by atoms with E-state index >= 15 is 0 Å². The van der Waals surface area contributed by atoms with Crippen LogP contribution in [0.15, 0.2) is 60.0 Å². The Kier molecular flexibility index (Phi) is 6.15. The lowest BCUT2D eigenvalue weighted by atomic mass is 10.1. The molecule has 3 nitrogen and oxygen atoms in total. The van der Waals surface area contributed by atoms with E-state index in [1.807, 2.05) is 48.2 Å². The van der Waals surface area contributed by atoms with Crippen molar-refractivity contribution in [1.82, 2.24) is 5.32 Å². The summed E-state index contributed by atoms with van der Waals surface area (Å²) < 4.78 is 5.57. The molecular weight excluding hydrogens is 338 g/mol. The normalized spacial score (nSPS) is 10.7. The molecule has 0 aliphatic rings. The molecule has 3 aromatic rings. The summed E-state index contributed by atoms with van der Waals surface area (Å²) in [7, 11) is 0. The smallest absolute Gasteiger partial charge is 0.257 e. The van der Waals surface area contributed by atoms with Gasteiger partial charge in [-0.15, -0.1) is 11.3 Å². The molecule has 0 saturated carbocycles. The van der Waals surface area contributed by atoms with Crippen LogP contribution < -0.4 is 10.1 Å². The molecule has 0 atom stereocenters. The highest BCUT2D eigenvalue weighted by molar-refractivity contribution is 7.98. The largest absolute Gasteiger partial charge is 0.484 e. The fourth-order valence-electron chi connectivity index (χ4n) is 2.29. The van der Waals surface area contributed by atoms with Crippen LogP contribution in [0.4, 0.5) is 0 Å². The van der Waals surface area contributed by atoms with E-state index in [1.54, 1.807) is 11.3 Å². The number of fused-ring (bicyclic) bond motifs is 1. The van der Waals surface area contributed by atoms with Crippen LogP contribution in [0.3, 0.4) is 0 Å². The fourth-order valence-corrected chi connectivity index (χ4v) is 3.99. The van der Waals surface area contributed by atoms with Crippen molar-refractivity contribution in [2.45, 2.75) is 5.75 Å². The Morgan fingerprint density at radius 1 is 1.08 bits per heavy atom. The minimum Gasteiger partial charge on any atom is -0.484 e. The third-order valence-corrected chi connectivity index (χ3v) is 5.55. The molecule has 1 aromatic heterocycles. The molecule has 0 fully saturated rings. The molecule has 1 amide bonds. The average Bonchev–Trinajstić information content (AvgIpc) is 3.13. The van der Waals surface area contributed by atoms with Gasteiger partial charge in [0.05, 0.1) is 0 Å². The summed E-state index contributed by atoms with van der Waals surface area (Å²) in [6.07, 6.45) is 0. The highest BCUT2D eigenvalue weighted by Gasteiger charge is 2.03. The number of carbonyl (C=O) groups is 1. The van der Waals surface area contributed by atoms with Gasteiger partial charge in [-0.05, 0) is 34.4 Å². The molecule has 0 radical (unpaired) electrons. The number of amides is 1. The number of ether oxygens (including phenoxy) is 1. The molecule has 0 aliphatic heterocycles. The third-order valence-electron chi connectivity index (χ3n) is 3.48. The van der Waals surface area contributed by atoms with Gasteiger partial charge in [0, 0.05) is 22.9 Å². The summed E-state index contributed by atoms with van der Waals surface area (Å²) in [5, 5.41) is 7.25. The zero-order chi connectivity index (χ0) is 16.6. The molecule has 1 heterocycles. The van der Waals surface area contributed by atoms with Gasteiger partial charge in [0.25, 0.3) is 5.91 Å². The van der Waals surface area contributed by atoms with Crippen LogP contribution >= 0.6 is 23.1 Å². The van der Waals surface area contributed by atoms with Crippen LogP contribution in [-0.2, 0) is 10.5 Å². The molecule has 5 heteroatoms. The lowest BCUT2D eigenvalue weighted by molar-refractivity contribution is -0.122. The maximum atomic E-state index is 11.8. The minimum atomic E-state index is -0.0834. The van der Waals surface area contributed by atoms with Gasteiger partial charge in [0.15, 0.2) is 6.61 Å². The van der Waals surface area contributed by atoms with Crippen molar-refractivity contribution >= 4 is 39.8 Å². The molecule has 3 rings (SSSR count). The van der Waals surface area contributed by atoms with Gasteiger partial charge in [0.2, 0.25) is 0 Å². The summed E-state index contributed by atoms with van der Waals surface area (Å²) in [5.74, 6) is 2.54. The van der Waals surface area contributed by atoms with Crippen molar-refractivity contribution in [2.24, 2.45) is 0 Å². The van der Waals surface area contributed by atoms with E-state index in [0.29, 0.717) is 6.54 Å². The molecule has 124 valence electrons. The second-order valence-corrected chi connectivity index (χ2v) is 7.42. The SMILES string of the molecule is O=C(COc1ccc2ccccc2c1)NCCSCc1cccs1. The Morgan fingerprint density at radius 3 is 2.79 bits per heavy atom. The van der Waals surface area contributed by atoms with Crippen molar-refractivity contribution in [2.75, 3.05) is 18.9 Å². The number of thiophene rings is 1. The summed E-state index contributed by atoms with van der Waals surface area (Å²) in [6.45, 7) is 0.712. The molecule has 0 aliphatic carbocycles. The van der Waals surface area contributed by atoms with E-state index in [9.17, 15) is 4.79 Å². The van der Waals surface area contributed by atoms with E-state index in [0.717, 1.165) is 28.0 Å². The molecular formula is C19H19NO2S2. The van der Waals surface area contributed by atoms with Gasteiger partial charge in [-0.2, -0.15) is 11.8 Å². The first-order valence-electron chi connectivity index (χ1n) is 7.80. The Morgan fingerprint density at radius 2 is 1.96 bits per heavy atom. The van der Waals surface area contributed by atoms with Crippen LogP contribution in [0.5, 0.6) is 5.75 Å². The third kappa shape index (κ3) is 5.01. The average molecular weight is 358 g/mol. The lowest BCUT2D eigenvalue weighted by Gasteiger charge is -2.08. The summed E-state index contributed by atoms with van der Waals surface area (Å²) in [5.41, 5.74) is 0. The van der Waals surface area contributed by atoms with Crippen LogP contribution in [0.1, 0.15) is 4.88 Å². The quantitative estimate of drug-likeness (QED) is 0.610. The highest BCUT2D eigenvalue weighted by Crippen LogP contribution is 2.20. The minimum absolute atomic E-state index is 0.0495. The van der Waals surface area contributed by atoms with Crippen molar-refractivity contribution < 1.29 is 9.53 Å². The zero-order valence-corrected chi connectivity index (χ0v) is 14.9. The Hall–Kier alpha value is -1.98.